The van der Waals surface area contributed by atoms with E-state index < -0.39 is 0 Å². The lowest BCUT2D eigenvalue weighted by Crippen LogP contribution is -2.44. The Hall–Kier alpha value is -3.15. The molecule has 3 aromatic rings. The highest BCUT2D eigenvalue weighted by atomic mass is 16.2. The predicted molar refractivity (Wildman–Crippen MR) is 99.4 cm³/mol. The van der Waals surface area contributed by atoms with E-state index in [2.05, 4.69) is 15.5 Å². The molecule has 1 aromatic heterocycles. The average molecular weight is 348 g/mol. The summed E-state index contributed by atoms with van der Waals surface area (Å²) in [6.45, 7) is 0. The number of hydrogen-bond acceptors (Lipinski definition) is 3. The number of nitrogens with zero attached hydrogens (tertiary/aromatic N) is 2. The van der Waals surface area contributed by atoms with Crippen LogP contribution in [0.15, 0.2) is 54.7 Å². The van der Waals surface area contributed by atoms with Crippen LogP contribution in [0.5, 0.6) is 0 Å². The van der Waals surface area contributed by atoms with Crippen molar-refractivity contribution in [3.05, 3.63) is 60.3 Å². The van der Waals surface area contributed by atoms with Gasteiger partial charge in [-0.05, 0) is 30.2 Å². The number of carbonyl (C=O) groups is 2. The van der Waals surface area contributed by atoms with Crippen LogP contribution in [0.2, 0.25) is 0 Å². The average Bonchev–Trinajstić information content (AvgIpc) is 3.12. The lowest BCUT2D eigenvalue weighted by molar-refractivity contribution is -0.140. The zero-order chi connectivity index (χ0) is 18.1. The molecule has 0 radical (unpaired) electrons. The smallest absolute Gasteiger partial charge is 0.229 e. The number of nitrogens with one attached hydrogen (secondary N) is 2. The quantitative estimate of drug-likeness (QED) is 0.763. The molecule has 2 amide bonds. The number of likely N-dealkylation sites (tertiary alicyclic amines) is 1. The van der Waals surface area contributed by atoms with E-state index in [1.807, 2.05) is 48.5 Å². The molecule has 2 heterocycles. The van der Waals surface area contributed by atoms with E-state index in [1.165, 1.54) is 0 Å². The molecule has 6 heteroatoms. The number of piperidine rings is 1. The first-order valence-electron chi connectivity index (χ1n) is 8.68. The number of aromatic amines is 1. The monoisotopic (exact) mass is 348 g/mol. The first-order valence-corrected chi connectivity index (χ1v) is 8.68. The number of hydrogen-bond donors (Lipinski definition) is 2. The fourth-order valence-corrected chi connectivity index (χ4v) is 3.67. The zero-order valence-electron chi connectivity index (χ0n) is 14.5. The summed E-state index contributed by atoms with van der Waals surface area (Å²) in [5, 5.41) is 10.9. The van der Waals surface area contributed by atoms with E-state index >= 15 is 0 Å². The van der Waals surface area contributed by atoms with Gasteiger partial charge in [-0.1, -0.05) is 30.3 Å². The van der Waals surface area contributed by atoms with E-state index in [0.717, 1.165) is 22.2 Å². The van der Waals surface area contributed by atoms with Crippen molar-refractivity contribution < 1.29 is 9.59 Å². The van der Waals surface area contributed by atoms with Gasteiger partial charge in [0.1, 0.15) is 0 Å². The van der Waals surface area contributed by atoms with Crippen molar-refractivity contribution in [1.82, 2.24) is 15.1 Å². The maximum Gasteiger partial charge on any atom is 0.229 e. The number of rotatable bonds is 3. The van der Waals surface area contributed by atoms with Crippen LogP contribution in [-0.2, 0) is 9.59 Å². The second-order valence-corrected chi connectivity index (χ2v) is 6.67. The topological polar surface area (TPSA) is 78.1 Å². The standard InChI is InChI=1S/C20H20N4O2/c1-24-18(25)10-9-16(19(24)13-5-3-2-4-6-13)20(26)22-15-8-7-14-12-21-23-17(14)11-15/h2-8,11-12,16,19H,9-10H2,1H3,(H,21,23)(H,22,26). The Bertz CT molecular complexity index is 951. The van der Waals surface area contributed by atoms with E-state index in [0.29, 0.717) is 12.8 Å². The van der Waals surface area contributed by atoms with Crippen LogP contribution in [0.25, 0.3) is 10.9 Å². The summed E-state index contributed by atoms with van der Waals surface area (Å²) in [4.78, 5) is 26.9. The third-order valence-corrected chi connectivity index (χ3v) is 5.05. The van der Waals surface area contributed by atoms with Gasteiger partial charge in [0.15, 0.2) is 0 Å². The fraction of sp³-hybridized carbons (Fsp3) is 0.250. The minimum atomic E-state index is -0.294. The SMILES string of the molecule is CN1C(=O)CCC(C(=O)Nc2ccc3cn[nH]c3c2)C1c1ccccc1. The third kappa shape index (κ3) is 2.94. The number of carbonyl (C=O) groups excluding carboxylic acids is 2. The van der Waals surface area contributed by atoms with E-state index in [4.69, 9.17) is 0 Å². The number of benzene rings is 2. The van der Waals surface area contributed by atoms with Gasteiger partial charge in [0.2, 0.25) is 11.8 Å². The van der Waals surface area contributed by atoms with Crippen LogP contribution in [0.1, 0.15) is 24.4 Å². The number of fused-ring (bicyclic) bond motifs is 1. The molecule has 4 rings (SSSR count). The molecular weight excluding hydrogens is 328 g/mol. The summed E-state index contributed by atoms with van der Waals surface area (Å²) in [6, 6.07) is 15.1. The van der Waals surface area contributed by atoms with Crippen molar-refractivity contribution >= 4 is 28.4 Å². The van der Waals surface area contributed by atoms with Gasteiger partial charge in [0.25, 0.3) is 0 Å². The van der Waals surface area contributed by atoms with Gasteiger partial charge in [0, 0.05) is 24.5 Å². The number of aromatic nitrogens is 2. The van der Waals surface area contributed by atoms with Crippen LogP contribution < -0.4 is 5.32 Å². The first kappa shape index (κ1) is 16.3. The van der Waals surface area contributed by atoms with Gasteiger partial charge in [-0.25, -0.2) is 0 Å². The number of H-pyrrole nitrogens is 1. The van der Waals surface area contributed by atoms with Crippen LogP contribution in [0.3, 0.4) is 0 Å². The molecule has 6 nitrogen and oxygen atoms in total. The number of amides is 2. The molecule has 132 valence electrons. The number of anilines is 1. The molecule has 2 atom stereocenters. The van der Waals surface area contributed by atoms with Crippen molar-refractivity contribution in [2.24, 2.45) is 5.92 Å². The third-order valence-electron chi connectivity index (χ3n) is 5.05. The summed E-state index contributed by atoms with van der Waals surface area (Å²) >= 11 is 0. The van der Waals surface area contributed by atoms with Gasteiger partial charge >= 0.3 is 0 Å². The normalized spacial score (nSPS) is 20.3. The first-order chi connectivity index (χ1) is 12.6. The fourth-order valence-electron chi connectivity index (χ4n) is 3.67. The zero-order valence-corrected chi connectivity index (χ0v) is 14.5. The van der Waals surface area contributed by atoms with Crippen LogP contribution in [0.4, 0.5) is 5.69 Å². The molecule has 26 heavy (non-hydrogen) atoms. The molecule has 1 fully saturated rings. The van der Waals surface area contributed by atoms with Crippen LogP contribution >= 0.6 is 0 Å². The lowest BCUT2D eigenvalue weighted by atomic mass is 9.84. The van der Waals surface area contributed by atoms with Crippen LogP contribution in [0, 0.1) is 5.92 Å². The maximum absolute atomic E-state index is 13.0. The Morgan fingerprint density at radius 1 is 1.23 bits per heavy atom. The minimum Gasteiger partial charge on any atom is -0.338 e. The van der Waals surface area contributed by atoms with Crippen molar-refractivity contribution in [3.8, 4) is 0 Å². The Labute approximate surface area is 151 Å². The Balaban J connectivity index is 1.60. The van der Waals surface area contributed by atoms with Gasteiger partial charge in [-0.2, -0.15) is 5.10 Å². The molecule has 1 aliphatic rings. The highest BCUT2D eigenvalue weighted by molar-refractivity contribution is 5.96. The Kier molecular flexibility index (Phi) is 4.16. The van der Waals surface area contributed by atoms with Gasteiger partial charge in [-0.15, -0.1) is 0 Å². The highest BCUT2D eigenvalue weighted by Crippen LogP contribution is 2.36. The summed E-state index contributed by atoms with van der Waals surface area (Å²) in [6.07, 6.45) is 2.67. The van der Waals surface area contributed by atoms with Crippen LogP contribution in [-0.4, -0.2) is 34.0 Å². The second-order valence-electron chi connectivity index (χ2n) is 6.67. The molecular formula is C20H20N4O2. The van der Waals surface area contributed by atoms with Crippen molar-refractivity contribution in [1.29, 1.82) is 0 Å². The molecule has 2 N–H and O–H groups in total. The molecule has 2 aromatic carbocycles. The van der Waals surface area contributed by atoms with E-state index in [-0.39, 0.29) is 23.8 Å². The van der Waals surface area contributed by atoms with Crippen molar-refractivity contribution in [3.63, 3.8) is 0 Å². The molecule has 0 spiro atoms. The predicted octanol–water partition coefficient (Wildman–Crippen LogP) is 3.11. The van der Waals surface area contributed by atoms with E-state index in [9.17, 15) is 9.59 Å². The largest absolute Gasteiger partial charge is 0.338 e. The second kappa shape index (κ2) is 6.63. The molecule has 1 aliphatic heterocycles. The summed E-state index contributed by atoms with van der Waals surface area (Å²) in [7, 11) is 1.77. The van der Waals surface area contributed by atoms with E-state index in [1.54, 1.807) is 18.1 Å². The summed E-state index contributed by atoms with van der Waals surface area (Å²) in [5.74, 6) is -0.295. The molecule has 2 unspecified atom stereocenters. The summed E-state index contributed by atoms with van der Waals surface area (Å²) in [5.41, 5.74) is 2.57. The summed E-state index contributed by atoms with van der Waals surface area (Å²) < 4.78 is 0. The maximum atomic E-state index is 13.0. The van der Waals surface area contributed by atoms with Crippen molar-refractivity contribution in [2.45, 2.75) is 18.9 Å². The molecule has 1 saturated heterocycles. The molecule has 0 aliphatic carbocycles. The van der Waals surface area contributed by atoms with Gasteiger partial charge < -0.3 is 10.2 Å². The van der Waals surface area contributed by atoms with Crippen molar-refractivity contribution in [2.75, 3.05) is 12.4 Å². The molecule has 0 bridgehead atoms. The Morgan fingerprint density at radius 2 is 2.04 bits per heavy atom. The lowest BCUT2D eigenvalue weighted by Gasteiger charge is -2.38. The van der Waals surface area contributed by atoms with Gasteiger partial charge in [0.05, 0.1) is 23.7 Å². The van der Waals surface area contributed by atoms with Gasteiger partial charge in [-0.3, -0.25) is 14.7 Å². The highest BCUT2D eigenvalue weighted by Gasteiger charge is 2.38. The Morgan fingerprint density at radius 3 is 2.85 bits per heavy atom. The molecule has 0 saturated carbocycles. The minimum absolute atomic E-state index is 0.0711.